The second-order valence-electron chi connectivity index (χ2n) is 6.32. The first-order valence-electron chi connectivity index (χ1n) is 8.36. The number of phenols is 1. The molecule has 1 saturated heterocycles. The number of carboxylic acids is 1. The molecule has 27 heavy (non-hydrogen) atoms. The molecule has 2 rings (SSSR count). The van der Waals surface area contributed by atoms with E-state index in [-0.39, 0.29) is 29.4 Å². The van der Waals surface area contributed by atoms with Gasteiger partial charge in [0.1, 0.15) is 17.1 Å². The molecule has 0 aromatic heterocycles. The van der Waals surface area contributed by atoms with Crippen LogP contribution in [-0.2, 0) is 11.2 Å². The third kappa shape index (κ3) is 5.07. The molecular formula is C16H23BN2O7S. The summed E-state index contributed by atoms with van der Waals surface area (Å²) in [6.07, 6.45) is -0.0306. The molecular weight excluding hydrogens is 375 g/mol. The number of carbonyl (C=O) groups is 2. The normalized spacial score (nSPS) is 15.2. The monoisotopic (exact) mass is 398 g/mol. The minimum Gasteiger partial charge on any atom is -0.507 e. The third-order valence-corrected chi connectivity index (χ3v) is 5.73. The van der Waals surface area contributed by atoms with Crippen LogP contribution in [0.2, 0.25) is 0 Å². The van der Waals surface area contributed by atoms with Gasteiger partial charge in [0.25, 0.3) is 0 Å². The van der Waals surface area contributed by atoms with Crippen LogP contribution in [-0.4, -0.2) is 81.8 Å². The quantitative estimate of drug-likeness (QED) is 0.336. The Morgan fingerprint density at radius 2 is 2.07 bits per heavy atom. The highest BCUT2D eigenvalue weighted by molar-refractivity contribution is 8.01. The molecule has 1 fully saturated rings. The largest absolute Gasteiger partial charge is 0.507 e. The minimum atomic E-state index is -1.74. The Bertz CT molecular complexity index is 698. The van der Waals surface area contributed by atoms with Gasteiger partial charge in [0, 0.05) is 24.2 Å². The van der Waals surface area contributed by atoms with Crippen molar-refractivity contribution in [3.05, 3.63) is 23.3 Å². The van der Waals surface area contributed by atoms with E-state index in [2.05, 4.69) is 0 Å². The Morgan fingerprint density at radius 1 is 1.41 bits per heavy atom. The lowest BCUT2D eigenvalue weighted by atomic mass is 9.81. The highest BCUT2D eigenvalue weighted by Gasteiger charge is 2.32. The van der Waals surface area contributed by atoms with E-state index >= 15 is 0 Å². The van der Waals surface area contributed by atoms with E-state index < -0.39 is 29.5 Å². The summed E-state index contributed by atoms with van der Waals surface area (Å²) >= 11 is 1.04. The molecule has 0 bridgehead atoms. The molecule has 9 nitrogen and oxygen atoms in total. The summed E-state index contributed by atoms with van der Waals surface area (Å²) in [5.74, 6) is -1.62. The van der Waals surface area contributed by atoms with Gasteiger partial charge in [-0.2, -0.15) is 11.8 Å². The van der Waals surface area contributed by atoms with Crippen LogP contribution in [0.5, 0.6) is 11.5 Å². The zero-order valence-electron chi connectivity index (χ0n) is 14.9. The summed E-state index contributed by atoms with van der Waals surface area (Å²) in [5, 5.41) is 37.9. The Hall–Kier alpha value is -1.95. The van der Waals surface area contributed by atoms with E-state index in [0.29, 0.717) is 25.6 Å². The summed E-state index contributed by atoms with van der Waals surface area (Å²) in [5.41, 5.74) is 5.36. The lowest BCUT2D eigenvalue weighted by Crippen LogP contribution is -2.53. The maximum atomic E-state index is 12.1. The van der Waals surface area contributed by atoms with E-state index in [1.807, 2.05) is 0 Å². The molecule has 1 heterocycles. The van der Waals surface area contributed by atoms with E-state index in [1.54, 1.807) is 4.90 Å². The fraction of sp³-hybridized carbons (Fsp3) is 0.500. The maximum Gasteiger partial charge on any atom is 0.465 e. The van der Waals surface area contributed by atoms with Gasteiger partial charge in [0.05, 0.1) is 12.9 Å². The van der Waals surface area contributed by atoms with Crippen molar-refractivity contribution in [1.29, 1.82) is 0 Å². The zero-order chi connectivity index (χ0) is 20.1. The number of ether oxygens (including phenoxy) is 1. The SMILES string of the molecule is COc1ccc(C[C@H](SCC(=O)N2CC(CN)C2)B(O)O)c(O)c1C(=O)O. The number of thioether (sulfide) groups is 1. The predicted octanol–water partition coefficient (Wildman–Crippen LogP) is -0.828. The highest BCUT2D eigenvalue weighted by Crippen LogP contribution is 2.33. The van der Waals surface area contributed by atoms with Crippen LogP contribution in [0.25, 0.3) is 0 Å². The number of rotatable bonds is 9. The van der Waals surface area contributed by atoms with Crippen molar-refractivity contribution in [2.45, 2.75) is 11.6 Å². The number of benzene rings is 1. The second-order valence-corrected chi connectivity index (χ2v) is 7.55. The summed E-state index contributed by atoms with van der Waals surface area (Å²) in [4.78, 5) is 25.1. The van der Waals surface area contributed by atoms with Gasteiger partial charge in [-0.1, -0.05) is 6.07 Å². The summed E-state index contributed by atoms with van der Waals surface area (Å²) < 4.78 is 4.93. The van der Waals surface area contributed by atoms with Gasteiger partial charge < -0.3 is 35.6 Å². The molecule has 6 N–H and O–H groups in total. The Balaban J connectivity index is 2.05. The molecule has 0 spiro atoms. The standard InChI is InChI=1S/C16H23BN2O7S/c1-26-11-3-2-10(15(21)14(11)16(22)23)4-12(17(24)25)27-8-13(20)19-6-9(5-18)7-19/h2-3,9,12,21,24-25H,4-8,18H2,1H3,(H,22,23)/t12-/m0/s1. The van der Waals surface area contributed by atoms with Crippen molar-refractivity contribution in [2.75, 3.05) is 32.5 Å². The number of likely N-dealkylation sites (tertiary alicyclic amines) is 1. The van der Waals surface area contributed by atoms with Gasteiger partial charge in [-0.05, 0) is 24.6 Å². The smallest absolute Gasteiger partial charge is 0.465 e. The van der Waals surface area contributed by atoms with Gasteiger partial charge in [0.2, 0.25) is 5.91 Å². The Morgan fingerprint density at radius 3 is 2.59 bits per heavy atom. The fourth-order valence-electron chi connectivity index (χ4n) is 2.82. The lowest BCUT2D eigenvalue weighted by Gasteiger charge is -2.38. The molecule has 1 aromatic carbocycles. The van der Waals surface area contributed by atoms with Gasteiger partial charge in [-0.3, -0.25) is 4.79 Å². The van der Waals surface area contributed by atoms with Crippen LogP contribution in [0, 0.1) is 5.92 Å². The molecule has 148 valence electrons. The van der Waals surface area contributed by atoms with Gasteiger partial charge in [-0.25, -0.2) is 4.79 Å². The van der Waals surface area contributed by atoms with E-state index in [4.69, 9.17) is 10.5 Å². The molecule has 1 atom stereocenters. The van der Waals surface area contributed by atoms with Crippen LogP contribution < -0.4 is 10.5 Å². The molecule has 11 heteroatoms. The van der Waals surface area contributed by atoms with Crippen molar-refractivity contribution in [1.82, 2.24) is 4.90 Å². The average Bonchev–Trinajstić information content (AvgIpc) is 2.57. The first-order valence-corrected chi connectivity index (χ1v) is 9.41. The number of nitrogens with zero attached hydrogens (tertiary/aromatic N) is 1. The first kappa shape index (κ1) is 21.4. The Kier molecular flexibility index (Phi) is 7.37. The molecule has 0 saturated carbocycles. The van der Waals surface area contributed by atoms with E-state index in [9.17, 15) is 29.9 Å². The highest BCUT2D eigenvalue weighted by atomic mass is 32.2. The van der Waals surface area contributed by atoms with E-state index in [1.165, 1.54) is 19.2 Å². The summed E-state index contributed by atoms with van der Waals surface area (Å²) in [6, 6.07) is 2.85. The third-order valence-electron chi connectivity index (χ3n) is 4.47. The van der Waals surface area contributed by atoms with Gasteiger partial charge >= 0.3 is 13.1 Å². The van der Waals surface area contributed by atoms with Crippen LogP contribution in [0.15, 0.2) is 12.1 Å². The molecule has 1 aromatic rings. The molecule has 0 radical (unpaired) electrons. The lowest BCUT2D eigenvalue weighted by molar-refractivity contribution is -0.134. The van der Waals surface area contributed by atoms with Gasteiger partial charge in [-0.15, -0.1) is 0 Å². The van der Waals surface area contributed by atoms with Gasteiger partial charge in [0.15, 0.2) is 0 Å². The van der Waals surface area contributed by atoms with Crippen LogP contribution in [0.4, 0.5) is 0 Å². The molecule has 1 aliphatic rings. The fourth-order valence-corrected chi connectivity index (χ4v) is 3.83. The van der Waals surface area contributed by atoms with Crippen LogP contribution in [0.3, 0.4) is 0 Å². The predicted molar refractivity (Wildman–Crippen MR) is 101 cm³/mol. The zero-order valence-corrected chi connectivity index (χ0v) is 15.7. The van der Waals surface area contributed by atoms with Crippen LogP contribution >= 0.6 is 11.8 Å². The maximum absolute atomic E-state index is 12.1. The van der Waals surface area contributed by atoms with Crippen LogP contribution in [0.1, 0.15) is 15.9 Å². The summed E-state index contributed by atoms with van der Waals surface area (Å²) in [7, 11) is -0.459. The number of hydrogen-bond acceptors (Lipinski definition) is 8. The van der Waals surface area contributed by atoms with E-state index in [0.717, 1.165) is 11.8 Å². The molecule has 0 aliphatic carbocycles. The second kappa shape index (κ2) is 9.31. The van der Waals surface area contributed by atoms with Crippen molar-refractivity contribution in [2.24, 2.45) is 11.7 Å². The van der Waals surface area contributed by atoms with Crippen molar-refractivity contribution >= 4 is 30.8 Å². The number of methoxy groups -OCH3 is 1. The average molecular weight is 398 g/mol. The van der Waals surface area contributed by atoms with Crippen molar-refractivity contribution in [3.63, 3.8) is 0 Å². The number of carboxylic acid groups (broad SMARTS) is 1. The number of nitrogens with two attached hydrogens (primary N) is 1. The minimum absolute atomic E-state index is 0.0000749. The molecule has 0 unspecified atom stereocenters. The summed E-state index contributed by atoms with van der Waals surface area (Å²) in [6.45, 7) is 1.73. The first-order chi connectivity index (χ1) is 12.8. The molecule has 1 aliphatic heterocycles. The molecule has 1 amide bonds. The number of aromatic hydroxyl groups is 1. The topological polar surface area (TPSA) is 154 Å². The number of aromatic carboxylic acids is 1. The number of amides is 1. The van der Waals surface area contributed by atoms with Crippen molar-refractivity contribution < 1.29 is 34.6 Å². The number of carbonyl (C=O) groups excluding carboxylic acids is 1. The van der Waals surface area contributed by atoms with Crippen molar-refractivity contribution in [3.8, 4) is 11.5 Å². The number of hydrogen-bond donors (Lipinski definition) is 5. The Labute approximate surface area is 161 Å².